The standard InChI is InChI=1S/C15H16N3/c1-2-6-15(18-10-8-16-9-11-18)14(5-1)13-4-3-7-17-12-13/h1-7,16H,8-11H2. The molecule has 3 heteroatoms. The molecule has 1 aliphatic rings. The molecular formula is C15H16N3. The van der Waals surface area contributed by atoms with E-state index in [0.717, 1.165) is 31.7 Å². The lowest BCUT2D eigenvalue weighted by Crippen LogP contribution is -2.43. The largest absolute Gasteiger partial charge is 0.368 e. The molecule has 91 valence electrons. The van der Waals surface area contributed by atoms with Crippen LogP contribution in [-0.2, 0) is 0 Å². The highest BCUT2D eigenvalue weighted by Gasteiger charge is 2.14. The molecule has 0 spiro atoms. The number of hydrogen-bond donors (Lipinski definition) is 1. The van der Waals surface area contributed by atoms with Crippen molar-refractivity contribution >= 4 is 5.69 Å². The molecular weight excluding hydrogens is 222 g/mol. The fourth-order valence-electron chi connectivity index (χ4n) is 2.36. The topological polar surface area (TPSA) is 28.2 Å². The van der Waals surface area contributed by atoms with Gasteiger partial charge in [-0.25, -0.2) is 0 Å². The molecule has 1 saturated heterocycles. The van der Waals surface area contributed by atoms with Gasteiger partial charge in [-0.15, -0.1) is 0 Å². The summed E-state index contributed by atoms with van der Waals surface area (Å²) in [6.45, 7) is 4.20. The third-order valence-corrected chi connectivity index (χ3v) is 3.26. The van der Waals surface area contributed by atoms with Crippen molar-refractivity contribution in [1.82, 2.24) is 10.3 Å². The molecule has 2 heterocycles. The number of aromatic nitrogens is 1. The summed E-state index contributed by atoms with van der Waals surface area (Å²) in [6, 6.07) is 12.5. The number of benzene rings is 1. The maximum atomic E-state index is 4.09. The van der Waals surface area contributed by atoms with E-state index in [4.69, 9.17) is 0 Å². The van der Waals surface area contributed by atoms with E-state index in [1.165, 1.54) is 11.3 Å². The highest BCUT2D eigenvalue weighted by molar-refractivity contribution is 5.77. The first-order valence-corrected chi connectivity index (χ1v) is 6.33. The van der Waals surface area contributed by atoms with Crippen LogP contribution in [0.25, 0.3) is 11.1 Å². The summed E-state index contributed by atoms with van der Waals surface area (Å²) in [4.78, 5) is 6.51. The zero-order valence-corrected chi connectivity index (χ0v) is 10.3. The molecule has 1 radical (unpaired) electrons. The zero-order chi connectivity index (χ0) is 12.2. The van der Waals surface area contributed by atoms with E-state index in [2.05, 4.69) is 51.7 Å². The van der Waals surface area contributed by atoms with E-state index < -0.39 is 0 Å². The second-order valence-corrected chi connectivity index (χ2v) is 4.42. The summed E-state index contributed by atoms with van der Waals surface area (Å²) in [7, 11) is 0. The second kappa shape index (κ2) is 5.19. The van der Waals surface area contributed by atoms with Gasteiger partial charge in [0.25, 0.3) is 0 Å². The lowest BCUT2D eigenvalue weighted by molar-refractivity contribution is 0.589. The summed E-state index contributed by atoms with van der Waals surface area (Å²) in [5.41, 5.74) is 3.56. The molecule has 1 aliphatic heterocycles. The Bertz CT molecular complexity index is 504. The van der Waals surface area contributed by atoms with E-state index in [-0.39, 0.29) is 0 Å². The molecule has 0 aliphatic carbocycles. The van der Waals surface area contributed by atoms with Crippen LogP contribution in [0.4, 0.5) is 5.69 Å². The van der Waals surface area contributed by atoms with Gasteiger partial charge in [0.05, 0.1) is 6.20 Å². The number of piperazine rings is 1. The summed E-state index contributed by atoms with van der Waals surface area (Å²) >= 11 is 0. The number of anilines is 1. The number of para-hydroxylation sites is 1. The summed E-state index contributed by atoms with van der Waals surface area (Å²) in [5, 5.41) is 3.38. The van der Waals surface area contributed by atoms with E-state index in [0.29, 0.717) is 0 Å². The average Bonchev–Trinajstić information content (AvgIpc) is 2.49. The van der Waals surface area contributed by atoms with Gasteiger partial charge in [-0.05, 0) is 12.1 Å². The van der Waals surface area contributed by atoms with Crippen LogP contribution in [0.5, 0.6) is 0 Å². The number of nitrogens with zero attached hydrogens (tertiary/aromatic N) is 2. The van der Waals surface area contributed by atoms with E-state index in [1.807, 2.05) is 6.07 Å². The van der Waals surface area contributed by atoms with Gasteiger partial charge in [-0.1, -0.05) is 24.3 Å². The van der Waals surface area contributed by atoms with Crippen molar-refractivity contribution in [2.75, 3.05) is 31.1 Å². The molecule has 3 rings (SSSR count). The van der Waals surface area contributed by atoms with E-state index in [1.54, 1.807) is 6.20 Å². The molecule has 2 aromatic rings. The highest BCUT2D eigenvalue weighted by atomic mass is 15.2. The molecule has 0 amide bonds. The summed E-state index contributed by atoms with van der Waals surface area (Å²) in [6.07, 6.45) is 4.83. The third-order valence-electron chi connectivity index (χ3n) is 3.26. The second-order valence-electron chi connectivity index (χ2n) is 4.42. The minimum Gasteiger partial charge on any atom is -0.368 e. The first-order chi connectivity index (χ1) is 8.95. The van der Waals surface area contributed by atoms with Crippen LogP contribution < -0.4 is 10.2 Å². The number of pyridine rings is 1. The number of hydrogen-bond acceptors (Lipinski definition) is 3. The van der Waals surface area contributed by atoms with Crippen LogP contribution in [0.2, 0.25) is 0 Å². The molecule has 18 heavy (non-hydrogen) atoms. The van der Waals surface area contributed by atoms with Crippen LogP contribution in [0.15, 0.2) is 42.6 Å². The van der Waals surface area contributed by atoms with Gasteiger partial charge in [0.1, 0.15) is 0 Å². The first-order valence-electron chi connectivity index (χ1n) is 6.33. The SMILES string of the molecule is [c]1ncccc1-c1ccccc1N1CCNCC1. The molecule has 0 saturated carbocycles. The van der Waals surface area contributed by atoms with Crippen LogP contribution in [0.1, 0.15) is 0 Å². The molecule has 0 unspecified atom stereocenters. The van der Waals surface area contributed by atoms with Crippen LogP contribution in [0.3, 0.4) is 0 Å². The van der Waals surface area contributed by atoms with Crippen molar-refractivity contribution in [3.63, 3.8) is 0 Å². The lowest BCUT2D eigenvalue weighted by Gasteiger charge is -2.31. The molecule has 1 N–H and O–H groups in total. The van der Waals surface area contributed by atoms with E-state index in [9.17, 15) is 0 Å². The third kappa shape index (κ3) is 2.22. The monoisotopic (exact) mass is 238 g/mol. The van der Waals surface area contributed by atoms with Gasteiger partial charge in [0.15, 0.2) is 0 Å². The predicted octanol–water partition coefficient (Wildman–Crippen LogP) is 1.96. The smallest absolute Gasteiger partial charge is 0.0971 e. The lowest BCUT2D eigenvalue weighted by atomic mass is 10.0. The van der Waals surface area contributed by atoms with Gasteiger partial charge < -0.3 is 10.2 Å². The number of nitrogens with one attached hydrogen (secondary N) is 1. The van der Waals surface area contributed by atoms with Gasteiger partial charge in [0.2, 0.25) is 0 Å². The molecule has 1 fully saturated rings. The average molecular weight is 238 g/mol. The molecule has 0 bridgehead atoms. The Hall–Kier alpha value is -1.87. The zero-order valence-electron chi connectivity index (χ0n) is 10.3. The van der Waals surface area contributed by atoms with Gasteiger partial charge in [-0.2, -0.15) is 0 Å². The molecule has 1 aromatic heterocycles. The van der Waals surface area contributed by atoms with Crippen molar-refractivity contribution in [3.05, 3.63) is 48.8 Å². The van der Waals surface area contributed by atoms with Crippen LogP contribution >= 0.6 is 0 Å². The normalized spacial score (nSPS) is 15.7. The fraction of sp³-hybridized carbons (Fsp3) is 0.267. The van der Waals surface area contributed by atoms with Gasteiger partial charge >= 0.3 is 0 Å². The van der Waals surface area contributed by atoms with E-state index >= 15 is 0 Å². The Balaban J connectivity index is 1.99. The number of rotatable bonds is 2. The Morgan fingerprint density at radius 1 is 1.06 bits per heavy atom. The fourth-order valence-corrected chi connectivity index (χ4v) is 2.36. The minimum absolute atomic E-state index is 1.05. The quantitative estimate of drug-likeness (QED) is 0.867. The molecule has 0 atom stereocenters. The Morgan fingerprint density at radius 3 is 2.67 bits per heavy atom. The van der Waals surface area contributed by atoms with Crippen molar-refractivity contribution in [3.8, 4) is 11.1 Å². The maximum Gasteiger partial charge on any atom is 0.0971 e. The Morgan fingerprint density at radius 2 is 1.89 bits per heavy atom. The summed E-state index contributed by atoms with van der Waals surface area (Å²) in [5.74, 6) is 0. The molecule has 3 nitrogen and oxygen atoms in total. The van der Waals surface area contributed by atoms with Crippen molar-refractivity contribution in [2.24, 2.45) is 0 Å². The van der Waals surface area contributed by atoms with Crippen molar-refractivity contribution in [1.29, 1.82) is 0 Å². The molecule has 1 aromatic carbocycles. The van der Waals surface area contributed by atoms with Crippen molar-refractivity contribution < 1.29 is 0 Å². The van der Waals surface area contributed by atoms with Gasteiger partial charge in [-0.3, -0.25) is 4.98 Å². The maximum absolute atomic E-state index is 4.09. The van der Waals surface area contributed by atoms with Crippen LogP contribution in [0, 0.1) is 6.20 Å². The van der Waals surface area contributed by atoms with Crippen molar-refractivity contribution in [2.45, 2.75) is 0 Å². The summed E-state index contributed by atoms with van der Waals surface area (Å²) < 4.78 is 0. The highest BCUT2D eigenvalue weighted by Crippen LogP contribution is 2.29. The Kier molecular flexibility index (Phi) is 3.24. The Labute approximate surface area is 107 Å². The first kappa shape index (κ1) is 11.2. The van der Waals surface area contributed by atoms with Gasteiger partial charge in [0, 0.05) is 49.2 Å². The van der Waals surface area contributed by atoms with Crippen LogP contribution in [-0.4, -0.2) is 31.2 Å². The minimum atomic E-state index is 1.05. The predicted molar refractivity (Wildman–Crippen MR) is 73.6 cm³/mol.